The highest BCUT2D eigenvalue weighted by Crippen LogP contribution is 2.33. The van der Waals surface area contributed by atoms with Crippen LogP contribution in [0.4, 0.5) is 10.1 Å². The highest BCUT2D eigenvalue weighted by molar-refractivity contribution is 5.99. The van der Waals surface area contributed by atoms with Crippen molar-refractivity contribution in [3.8, 4) is 17.2 Å². The summed E-state index contributed by atoms with van der Waals surface area (Å²) in [6, 6.07) is 10.9. The largest absolute Gasteiger partial charge is 0.497 e. The zero-order valence-corrected chi connectivity index (χ0v) is 15.3. The van der Waals surface area contributed by atoms with E-state index in [1.54, 1.807) is 31.4 Å². The summed E-state index contributed by atoms with van der Waals surface area (Å²) in [5.74, 6) is -1.26. The second-order valence-electron chi connectivity index (χ2n) is 6.37. The zero-order valence-electron chi connectivity index (χ0n) is 15.3. The number of halogens is 1. The molecule has 29 heavy (non-hydrogen) atoms. The number of nitrogens with one attached hydrogen (secondary N) is 1. The van der Waals surface area contributed by atoms with Gasteiger partial charge in [0.2, 0.25) is 11.8 Å². The van der Waals surface area contributed by atoms with Gasteiger partial charge in [-0.3, -0.25) is 9.59 Å². The van der Waals surface area contributed by atoms with Gasteiger partial charge in [-0.05, 0) is 42.0 Å². The van der Waals surface area contributed by atoms with Gasteiger partial charge in [0.05, 0.1) is 13.0 Å². The summed E-state index contributed by atoms with van der Waals surface area (Å²) in [6.07, 6.45) is -0.0849. The number of hydrogen-bond acceptors (Lipinski definition) is 7. The molecule has 8 nitrogen and oxygen atoms in total. The van der Waals surface area contributed by atoms with Crippen molar-refractivity contribution in [2.24, 2.45) is 0 Å². The van der Waals surface area contributed by atoms with Crippen molar-refractivity contribution < 1.29 is 27.9 Å². The van der Waals surface area contributed by atoms with Gasteiger partial charge >= 0.3 is 5.97 Å². The Kier molecular flexibility index (Phi) is 4.94. The molecule has 1 aliphatic rings. The summed E-state index contributed by atoms with van der Waals surface area (Å²) in [7, 11) is 1.57. The molecule has 2 heterocycles. The molecule has 1 unspecified atom stereocenters. The van der Waals surface area contributed by atoms with Crippen molar-refractivity contribution in [3.63, 3.8) is 0 Å². The van der Waals surface area contributed by atoms with Crippen LogP contribution in [0.2, 0.25) is 0 Å². The average molecular weight is 397 g/mol. The van der Waals surface area contributed by atoms with E-state index in [1.165, 1.54) is 18.2 Å². The smallest absolute Gasteiger partial charge is 0.314 e. The number of rotatable bonds is 5. The molecule has 0 radical (unpaired) electrons. The molecular weight excluding hydrogens is 381 g/mol. The van der Waals surface area contributed by atoms with Crippen LogP contribution in [0.5, 0.6) is 5.75 Å². The van der Waals surface area contributed by atoms with E-state index >= 15 is 0 Å². The molecule has 4 rings (SSSR count). The predicted octanol–water partition coefficient (Wildman–Crippen LogP) is 3.05. The van der Waals surface area contributed by atoms with Crippen molar-refractivity contribution >= 4 is 17.6 Å². The van der Waals surface area contributed by atoms with E-state index < -0.39 is 17.7 Å². The minimum atomic E-state index is -0.830. The third-order valence-corrected chi connectivity index (χ3v) is 4.48. The van der Waals surface area contributed by atoms with E-state index in [0.717, 1.165) is 0 Å². The van der Waals surface area contributed by atoms with Crippen molar-refractivity contribution in [3.05, 3.63) is 59.7 Å². The predicted molar refractivity (Wildman–Crippen MR) is 98.5 cm³/mol. The molecule has 1 amide bonds. The molecule has 3 aromatic rings. The van der Waals surface area contributed by atoms with E-state index in [-0.39, 0.29) is 36.4 Å². The first-order valence-electron chi connectivity index (χ1n) is 8.76. The van der Waals surface area contributed by atoms with E-state index in [9.17, 15) is 14.0 Å². The molecule has 0 saturated carbocycles. The fourth-order valence-electron chi connectivity index (χ4n) is 3.04. The summed E-state index contributed by atoms with van der Waals surface area (Å²) in [4.78, 5) is 24.4. The quantitative estimate of drug-likeness (QED) is 0.660. The van der Waals surface area contributed by atoms with Gasteiger partial charge in [0, 0.05) is 17.7 Å². The number of esters is 1. The van der Waals surface area contributed by atoms with Crippen LogP contribution in [0, 0.1) is 5.82 Å². The number of anilines is 1. The van der Waals surface area contributed by atoms with Gasteiger partial charge in [-0.2, -0.15) is 0 Å². The van der Waals surface area contributed by atoms with Gasteiger partial charge in [0.25, 0.3) is 5.89 Å². The van der Waals surface area contributed by atoms with E-state index in [2.05, 4.69) is 15.5 Å². The lowest BCUT2D eigenvalue weighted by molar-refractivity contribution is -0.148. The number of fused-ring (bicyclic) bond motifs is 1. The summed E-state index contributed by atoms with van der Waals surface area (Å²) in [5.41, 5.74) is 1.46. The Hall–Kier alpha value is -3.75. The maximum Gasteiger partial charge on any atom is 0.314 e. The van der Waals surface area contributed by atoms with Crippen LogP contribution in [-0.2, 0) is 20.9 Å². The van der Waals surface area contributed by atoms with Crippen LogP contribution < -0.4 is 10.1 Å². The Morgan fingerprint density at radius 3 is 2.79 bits per heavy atom. The summed E-state index contributed by atoms with van der Waals surface area (Å²) >= 11 is 0. The van der Waals surface area contributed by atoms with Crippen molar-refractivity contribution in [2.45, 2.75) is 18.9 Å². The number of hydrogen-bond donors (Lipinski definition) is 1. The monoisotopic (exact) mass is 397 g/mol. The molecule has 0 bridgehead atoms. The standard InChI is InChI=1S/C20H16FN3O5/c1-27-13-5-2-11(3-6-13)19-24-23-18(29-19)10-28-20(26)15-9-17(25)22-16-8-12(21)4-7-14(15)16/h2-8,15H,9-10H2,1H3,(H,22,25). The van der Waals surface area contributed by atoms with Gasteiger partial charge in [-0.25, -0.2) is 4.39 Å². The third-order valence-electron chi connectivity index (χ3n) is 4.48. The second kappa shape index (κ2) is 7.70. The maximum absolute atomic E-state index is 13.4. The number of benzene rings is 2. The Morgan fingerprint density at radius 2 is 2.03 bits per heavy atom. The summed E-state index contributed by atoms with van der Waals surface area (Å²) in [6.45, 7) is -0.239. The normalized spacial score (nSPS) is 15.4. The number of amides is 1. The van der Waals surface area contributed by atoms with Gasteiger partial charge in [-0.1, -0.05) is 6.07 Å². The molecule has 0 spiro atoms. The molecule has 2 aromatic carbocycles. The van der Waals surface area contributed by atoms with Crippen LogP contribution in [0.1, 0.15) is 23.8 Å². The first-order valence-corrected chi connectivity index (χ1v) is 8.76. The van der Waals surface area contributed by atoms with E-state index in [1.807, 2.05) is 0 Å². The fourth-order valence-corrected chi connectivity index (χ4v) is 3.04. The van der Waals surface area contributed by atoms with E-state index in [0.29, 0.717) is 16.9 Å². The van der Waals surface area contributed by atoms with Gasteiger partial charge in [0.15, 0.2) is 6.61 Å². The topological polar surface area (TPSA) is 104 Å². The molecule has 1 atom stereocenters. The zero-order chi connectivity index (χ0) is 20.4. The molecule has 1 aliphatic heterocycles. The molecular formula is C20H16FN3O5. The van der Waals surface area contributed by atoms with Crippen molar-refractivity contribution in [2.75, 3.05) is 12.4 Å². The summed E-state index contributed by atoms with van der Waals surface area (Å²) < 4.78 is 29.3. The number of methoxy groups -OCH3 is 1. The lowest BCUT2D eigenvalue weighted by atomic mass is 9.90. The lowest BCUT2D eigenvalue weighted by Crippen LogP contribution is -2.28. The molecule has 1 aromatic heterocycles. The molecule has 0 fully saturated rings. The minimum Gasteiger partial charge on any atom is -0.497 e. The van der Waals surface area contributed by atoms with Crippen LogP contribution in [0.3, 0.4) is 0 Å². The van der Waals surface area contributed by atoms with E-state index in [4.69, 9.17) is 13.9 Å². The van der Waals surface area contributed by atoms with Gasteiger partial charge in [0.1, 0.15) is 11.6 Å². The first kappa shape index (κ1) is 18.6. The van der Waals surface area contributed by atoms with Gasteiger partial charge in [-0.15, -0.1) is 10.2 Å². The second-order valence-corrected chi connectivity index (χ2v) is 6.37. The van der Waals surface area contributed by atoms with Crippen LogP contribution in [-0.4, -0.2) is 29.2 Å². The molecule has 1 N–H and O–H groups in total. The highest BCUT2D eigenvalue weighted by Gasteiger charge is 2.32. The number of aromatic nitrogens is 2. The van der Waals surface area contributed by atoms with Gasteiger partial charge < -0.3 is 19.2 Å². The molecule has 0 saturated heterocycles. The number of nitrogens with zero attached hydrogens (tertiary/aromatic N) is 2. The SMILES string of the molecule is COc1ccc(-c2nnc(COC(=O)C3CC(=O)Nc4cc(F)ccc43)o2)cc1. The summed E-state index contributed by atoms with van der Waals surface area (Å²) in [5, 5.41) is 10.4. The third kappa shape index (κ3) is 3.93. The van der Waals surface area contributed by atoms with Crippen LogP contribution >= 0.6 is 0 Å². The lowest BCUT2D eigenvalue weighted by Gasteiger charge is -2.23. The number of carbonyl (C=O) groups excluding carboxylic acids is 2. The fraction of sp³-hybridized carbons (Fsp3) is 0.200. The molecule has 9 heteroatoms. The number of ether oxygens (including phenoxy) is 2. The Balaban J connectivity index is 1.44. The Labute approximate surface area is 164 Å². The minimum absolute atomic E-state index is 0.0849. The van der Waals surface area contributed by atoms with Crippen molar-refractivity contribution in [1.29, 1.82) is 0 Å². The van der Waals surface area contributed by atoms with Crippen LogP contribution in [0.25, 0.3) is 11.5 Å². The number of carbonyl (C=O) groups is 2. The molecule has 0 aliphatic carbocycles. The Bertz CT molecular complexity index is 1060. The highest BCUT2D eigenvalue weighted by atomic mass is 19.1. The van der Waals surface area contributed by atoms with Crippen molar-refractivity contribution in [1.82, 2.24) is 10.2 Å². The maximum atomic E-state index is 13.4. The Morgan fingerprint density at radius 1 is 1.24 bits per heavy atom. The first-order chi connectivity index (χ1) is 14.0. The van der Waals surface area contributed by atoms with Crippen LogP contribution in [0.15, 0.2) is 46.9 Å². The molecule has 148 valence electrons. The average Bonchev–Trinajstić information content (AvgIpc) is 3.20.